The van der Waals surface area contributed by atoms with Crippen LogP contribution < -0.4 is 14.3 Å². The minimum absolute atomic E-state index is 0.0858. The molecule has 0 amide bonds. The highest BCUT2D eigenvalue weighted by molar-refractivity contribution is 7.89. The van der Waals surface area contributed by atoms with Gasteiger partial charge in [-0.2, -0.15) is 18.4 Å². The van der Waals surface area contributed by atoms with Gasteiger partial charge in [-0.3, -0.25) is 0 Å². The molecule has 0 aliphatic heterocycles. The van der Waals surface area contributed by atoms with Gasteiger partial charge in [-0.05, 0) is 61.5 Å². The Morgan fingerprint density at radius 1 is 0.867 bits per heavy atom. The molecule has 3 aromatic rings. The Labute approximate surface area is 175 Å². The van der Waals surface area contributed by atoms with Crippen molar-refractivity contribution in [3.63, 3.8) is 0 Å². The van der Waals surface area contributed by atoms with Crippen LogP contribution in [0.2, 0.25) is 0 Å². The lowest BCUT2D eigenvalue weighted by atomic mass is 10.0. The molecule has 0 aliphatic rings. The van der Waals surface area contributed by atoms with Gasteiger partial charge < -0.3 is 9.47 Å². The minimum atomic E-state index is -3.89. The Balaban J connectivity index is 2.06. The van der Waals surface area contributed by atoms with Crippen molar-refractivity contribution in [2.75, 3.05) is 14.2 Å². The Morgan fingerprint density at radius 3 is 2.07 bits per heavy atom. The molecule has 0 saturated heterocycles. The molecule has 8 heteroatoms. The number of nitrogens with one attached hydrogen (secondary N) is 1. The summed E-state index contributed by atoms with van der Waals surface area (Å²) in [4.78, 5) is 2.35. The van der Waals surface area contributed by atoms with Crippen LogP contribution in [0.4, 0.5) is 4.39 Å². The van der Waals surface area contributed by atoms with Gasteiger partial charge in [0.2, 0.25) is 0 Å². The molecule has 0 bridgehead atoms. The van der Waals surface area contributed by atoms with Crippen LogP contribution in [0.5, 0.6) is 11.5 Å². The van der Waals surface area contributed by atoms with Gasteiger partial charge in [0.05, 0.1) is 24.8 Å². The molecule has 0 spiro atoms. The van der Waals surface area contributed by atoms with Gasteiger partial charge in [-0.15, -0.1) is 0 Å². The minimum Gasteiger partial charge on any atom is -0.493 e. The van der Waals surface area contributed by atoms with Crippen molar-refractivity contribution < 1.29 is 22.3 Å². The maximum Gasteiger partial charge on any atom is 0.276 e. The van der Waals surface area contributed by atoms with Gasteiger partial charge in [0, 0.05) is 11.1 Å². The zero-order valence-electron chi connectivity index (χ0n) is 16.7. The van der Waals surface area contributed by atoms with E-state index >= 15 is 0 Å². The third-order valence-electron chi connectivity index (χ3n) is 4.38. The Morgan fingerprint density at radius 2 is 1.47 bits per heavy atom. The molecule has 30 heavy (non-hydrogen) atoms. The SMILES string of the molecule is COc1ccc(C(=NNS(=O)(=O)c2ccc(C)cc2)c2ccc(F)cc2)cc1OC. The van der Waals surface area contributed by atoms with Crippen molar-refractivity contribution >= 4 is 15.7 Å². The lowest BCUT2D eigenvalue weighted by Crippen LogP contribution is -2.21. The summed E-state index contributed by atoms with van der Waals surface area (Å²) in [6, 6.07) is 17.1. The summed E-state index contributed by atoms with van der Waals surface area (Å²) >= 11 is 0. The number of halogens is 1. The molecule has 3 aromatic carbocycles. The fourth-order valence-corrected chi connectivity index (χ4v) is 3.57. The fraction of sp³-hybridized carbons (Fsp3) is 0.136. The first kappa shape index (κ1) is 21.3. The summed E-state index contributed by atoms with van der Waals surface area (Å²) in [5.41, 5.74) is 2.32. The average molecular weight is 428 g/mol. The molecule has 0 radical (unpaired) electrons. The van der Waals surface area contributed by atoms with Crippen molar-refractivity contribution in [3.05, 3.63) is 89.2 Å². The first-order valence-electron chi connectivity index (χ1n) is 8.98. The number of hydrazone groups is 1. The van der Waals surface area contributed by atoms with Gasteiger partial charge in [-0.1, -0.05) is 17.7 Å². The molecule has 3 rings (SSSR count). The summed E-state index contributed by atoms with van der Waals surface area (Å²) in [5.74, 6) is 0.553. The third kappa shape index (κ3) is 4.77. The highest BCUT2D eigenvalue weighted by atomic mass is 32.2. The zero-order valence-corrected chi connectivity index (χ0v) is 17.5. The largest absolute Gasteiger partial charge is 0.493 e. The number of rotatable bonds is 7. The molecule has 0 aromatic heterocycles. The molecule has 1 N–H and O–H groups in total. The Bertz CT molecular complexity index is 1160. The van der Waals surface area contributed by atoms with Crippen molar-refractivity contribution in [1.29, 1.82) is 0 Å². The molecular formula is C22H21FN2O4S. The molecule has 0 unspecified atom stereocenters. The summed E-state index contributed by atoms with van der Waals surface area (Å²) < 4.78 is 49.3. The topological polar surface area (TPSA) is 77.0 Å². The van der Waals surface area contributed by atoms with E-state index in [1.807, 2.05) is 6.92 Å². The quantitative estimate of drug-likeness (QED) is 0.458. The van der Waals surface area contributed by atoms with Gasteiger partial charge >= 0.3 is 0 Å². The van der Waals surface area contributed by atoms with E-state index in [-0.39, 0.29) is 4.90 Å². The maximum atomic E-state index is 13.4. The molecule has 0 fully saturated rings. The molecule has 6 nitrogen and oxygen atoms in total. The van der Waals surface area contributed by atoms with Crippen LogP contribution in [0, 0.1) is 12.7 Å². The number of hydrogen-bond donors (Lipinski definition) is 1. The molecular weight excluding hydrogens is 407 g/mol. The number of sulfonamides is 1. The normalized spacial score (nSPS) is 11.8. The van der Waals surface area contributed by atoms with E-state index in [0.29, 0.717) is 28.3 Å². The Hall–Kier alpha value is -3.39. The number of nitrogens with zero attached hydrogens (tertiary/aromatic N) is 1. The monoisotopic (exact) mass is 428 g/mol. The van der Waals surface area contributed by atoms with E-state index in [1.165, 1.54) is 50.6 Å². The summed E-state index contributed by atoms with van der Waals surface area (Å²) in [7, 11) is -0.880. The van der Waals surface area contributed by atoms with E-state index in [4.69, 9.17) is 9.47 Å². The third-order valence-corrected chi connectivity index (χ3v) is 5.61. The van der Waals surface area contributed by atoms with E-state index in [2.05, 4.69) is 9.93 Å². The standard InChI is InChI=1S/C22H21FN2O4S/c1-15-4-11-19(12-5-15)30(26,27)25-24-22(16-6-9-18(23)10-7-16)17-8-13-20(28-2)21(14-17)29-3/h4-14,25H,1-3H3. The Kier molecular flexibility index (Phi) is 6.37. The number of ether oxygens (including phenoxy) is 2. The summed E-state index contributed by atoms with van der Waals surface area (Å²) in [6.45, 7) is 1.87. The van der Waals surface area contributed by atoms with E-state index in [0.717, 1.165) is 5.56 Å². The highest BCUT2D eigenvalue weighted by Gasteiger charge is 2.16. The van der Waals surface area contributed by atoms with Crippen LogP contribution in [0.3, 0.4) is 0 Å². The van der Waals surface area contributed by atoms with E-state index in [1.54, 1.807) is 30.3 Å². The lowest BCUT2D eigenvalue weighted by Gasteiger charge is -2.12. The maximum absolute atomic E-state index is 13.4. The van der Waals surface area contributed by atoms with Crippen LogP contribution in [0.1, 0.15) is 16.7 Å². The predicted molar refractivity (Wildman–Crippen MR) is 113 cm³/mol. The van der Waals surface area contributed by atoms with Gasteiger partial charge in [0.1, 0.15) is 5.82 Å². The van der Waals surface area contributed by atoms with Gasteiger partial charge in [0.25, 0.3) is 10.0 Å². The highest BCUT2D eigenvalue weighted by Crippen LogP contribution is 2.29. The number of hydrogen-bond acceptors (Lipinski definition) is 5. The second-order valence-electron chi connectivity index (χ2n) is 6.44. The molecule has 0 atom stereocenters. The summed E-state index contributed by atoms with van der Waals surface area (Å²) in [6.07, 6.45) is 0. The van der Waals surface area contributed by atoms with Crippen LogP contribution >= 0.6 is 0 Å². The van der Waals surface area contributed by atoms with E-state index in [9.17, 15) is 12.8 Å². The van der Waals surface area contributed by atoms with Crippen LogP contribution in [0.25, 0.3) is 0 Å². The lowest BCUT2D eigenvalue weighted by molar-refractivity contribution is 0.355. The van der Waals surface area contributed by atoms with Crippen molar-refractivity contribution in [1.82, 2.24) is 4.83 Å². The first-order chi connectivity index (χ1) is 14.3. The predicted octanol–water partition coefficient (Wildman–Crippen LogP) is 3.88. The van der Waals surface area contributed by atoms with Crippen molar-refractivity contribution in [2.45, 2.75) is 11.8 Å². The smallest absolute Gasteiger partial charge is 0.276 e. The fourth-order valence-electron chi connectivity index (χ4n) is 2.76. The zero-order chi connectivity index (χ0) is 21.7. The van der Waals surface area contributed by atoms with Crippen LogP contribution in [0.15, 0.2) is 76.7 Å². The van der Waals surface area contributed by atoms with Crippen LogP contribution in [-0.4, -0.2) is 28.3 Å². The number of aryl methyl sites for hydroxylation is 1. The molecule has 0 saturated carbocycles. The number of methoxy groups -OCH3 is 2. The number of benzene rings is 3. The second-order valence-corrected chi connectivity index (χ2v) is 8.11. The van der Waals surface area contributed by atoms with Crippen LogP contribution in [-0.2, 0) is 10.0 Å². The molecule has 0 heterocycles. The van der Waals surface area contributed by atoms with Gasteiger partial charge in [0.15, 0.2) is 11.5 Å². The van der Waals surface area contributed by atoms with Crippen molar-refractivity contribution in [2.24, 2.45) is 5.10 Å². The first-order valence-corrected chi connectivity index (χ1v) is 10.5. The second kappa shape index (κ2) is 8.96. The summed E-state index contributed by atoms with van der Waals surface area (Å²) in [5, 5.41) is 4.16. The van der Waals surface area contributed by atoms with Gasteiger partial charge in [-0.25, -0.2) is 4.39 Å². The molecule has 0 aliphatic carbocycles. The van der Waals surface area contributed by atoms with E-state index < -0.39 is 15.8 Å². The molecule has 156 valence electrons. The average Bonchev–Trinajstić information content (AvgIpc) is 2.75. The van der Waals surface area contributed by atoms with Crippen molar-refractivity contribution in [3.8, 4) is 11.5 Å².